The first-order chi connectivity index (χ1) is 9.54. The first-order valence-electron chi connectivity index (χ1n) is 5.78. The van der Waals surface area contributed by atoms with Crippen LogP contribution in [0.1, 0.15) is 0 Å². The molecule has 0 aliphatic heterocycles. The van der Waals surface area contributed by atoms with Crippen LogP contribution in [-0.4, -0.2) is 6.18 Å². The van der Waals surface area contributed by atoms with Gasteiger partial charge >= 0.3 is 6.18 Å². The molecule has 0 amide bonds. The quantitative estimate of drug-likeness (QED) is 0.709. The van der Waals surface area contributed by atoms with Crippen molar-refractivity contribution in [1.82, 2.24) is 0 Å². The number of allylic oxidation sites excluding steroid dienone is 1. The molecule has 0 aromatic heterocycles. The van der Waals surface area contributed by atoms with Crippen molar-refractivity contribution < 1.29 is 17.9 Å². The summed E-state index contributed by atoms with van der Waals surface area (Å²) in [4.78, 5) is 1.74. The summed E-state index contributed by atoms with van der Waals surface area (Å²) in [5.41, 5.74) is 0. The van der Waals surface area contributed by atoms with Crippen molar-refractivity contribution in [3.63, 3.8) is 0 Å². The number of benzene rings is 2. The Balaban J connectivity index is 2.12. The van der Waals surface area contributed by atoms with Gasteiger partial charge in [-0.3, -0.25) is 0 Å². The fourth-order valence-electron chi connectivity index (χ4n) is 1.43. The van der Waals surface area contributed by atoms with E-state index in [2.05, 4.69) is 0 Å². The molecule has 0 radical (unpaired) electrons. The van der Waals surface area contributed by atoms with Gasteiger partial charge in [0.25, 0.3) is 0 Å². The van der Waals surface area contributed by atoms with E-state index in [1.54, 1.807) is 18.2 Å². The molecule has 5 heteroatoms. The van der Waals surface area contributed by atoms with Crippen LogP contribution < -0.4 is 4.74 Å². The van der Waals surface area contributed by atoms with Gasteiger partial charge in [-0.2, -0.15) is 13.2 Å². The molecule has 0 bridgehead atoms. The topological polar surface area (TPSA) is 9.23 Å². The summed E-state index contributed by atoms with van der Waals surface area (Å²) in [6.07, 6.45) is -3.65. The Kier molecular flexibility index (Phi) is 4.74. The number of alkyl halides is 3. The van der Waals surface area contributed by atoms with Crippen LogP contribution in [0.25, 0.3) is 0 Å². The third-order valence-corrected chi connectivity index (χ3v) is 3.34. The molecule has 2 rings (SSSR count). The summed E-state index contributed by atoms with van der Waals surface area (Å²) in [5.74, 6) is 0.391. The van der Waals surface area contributed by atoms with E-state index in [1.807, 2.05) is 36.4 Å². The highest BCUT2D eigenvalue weighted by Crippen LogP contribution is 2.34. The molecule has 0 spiro atoms. The van der Waals surface area contributed by atoms with Crippen LogP contribution in [0.3, 0.4) is 0 Å². The zero-order valence-corrected chi connectivity index (χ0v) is 11.1. The largest absolute Gasteiger partial charge is 0.464 e. The molecule has 104 valence electrons. The molecule has 2 aromatic carbocycles. The Morgan fingerprint density at radius 3 is 2.25 bits per heavy atom. The lowest BCUT2D eigenvalue weighted by molar-refractivity contribution is -0.0809. The van der Waals surface area contributed by atoms with E-state index in [0.717, 1.165) is 9.79 Å². The summed E-state index contributed by atoms with van der Waals surface area (Å²) >= 11 is 1.43. The first kappa shape index (κ1) is 14.5. The SMILES string of the molecule is FC(F)(F)/C=C/Oc1ccccc1Sc1ccccc1. The standard InChI is InChI=1S/C15H11F3OS/c16-15(17,18)10-11-19-13-8-4-5-9-14(13)20-12-6-2-1-3-7-12/h1-11H/b11-10+. The van der Waals surface area contributed by atoms with Crippen molar-refractivity contribution in [2.24, 2.45) is 0 Å². The fraction of sp³-hybridized carbons (Fsp3) is 0.0667. The predicted molar refractivity (Wildman–Crippen MR) is 72.8 cm³/mol. The number of para-hydroxylation sites is 1. The lowest BCUT2D eigenvalue weighted by atomic mass is 10.3. The Morgan fingerprint density at radius 1 is 0.900 bits per heavy atom. The molecule has 0 heterocycles. The van der Waals surface area contributed by atoms with E-state index in [1.165, 1.54) is 11.8 Å². The fourth-order valence-corrected chi connectivity index (χ4v) is 2.34. The van der Waals surface area contributed by atoms with Gasteiger partial charge in [0.05, 0.1) is 17.2 Å². The maximum absolute atomic E-state index is 12.0. The molecule has 0 aliphatic rings. The van der Waals surface area contributed by atoms with Gasteiger partial charge < -0.3 is 4.74 Å². The van der Waals surface area contributed by atoms with E-state index in [0.29, 0.717) is 12.0 Å². The van der Waals surface area contributed by atoms with Crippen molar-refractivity contribution in [3.05, 3.63) is 66.9 Å². The minimum Gasteiger partial charge on any atom is -0.464 e. The third kappa shape index (κ3) is 4.66. The second kappa shape index (κ2) is 6.52. The molecule has 20 heavy (non-hydrogen) atoms. The van der Waals surface area contributed by atoms with Gasteiger partial charge in [-0.1, -0.05) is 42.1 Å². The second-order valence-corrected chi connectivity index (χ2v) is 4.94. The molecule has 0 saturated heterocycles. The molecular formula is C15H11F3OS. The highest BCUT2D eigenvalue weighted by molar-refractivity contribution is 7.99. The van der Waals surface area contributed by atoms with Gasteiger partial charge in [0, 0.05) is 4.90 Å². The molecule has 0 unspecified atom stereocenters. The van der Waals surface area contributed by atoms with E-state index < -0.39 is 6.18 Å². The Morgan fingerprint density at radius 2 is 1.55 bits per heavy atom. The third-order valence-electron chi connectivity index (χ3n) is 2.27. The molecule has 0 fully saturated rings. The van der Waals surface area contributed by atoms with E-state index >= 15 is 0 Å². The van der Waals surface area contributed by atoms with Crippen LogP contribution in [0, 0.1) is 0 Å². The van der Waals surface area contributed by atoms with Gasteiger partial charge in [-0.15, -0.1) is 0 Å². The van der Waals surface area contributed by atoms with Crippen molar-refractivity contribution in [1.29, 1.82) is 0 Å². The maximum Gasteiger partial charge on any atom is 0.412 e. The van der Waals surface area contributed by atoms with Gasteiger partial charge in [0.2, 0.25) is 0 Å². The average Bonchev–Trinajstić information content (AvgIpc) is 2.40. The lowest BCUT2D eigenvalue weighted by Gasteiger charge is -2.08. The van der Waals surface area contributed by atoms with Crippen LogP contribution in [0.5, 0.6) is 5.75 Å². The molecule has 2 aromatic rings. The Bertz CT molecular complexity index is 579. The zero-order chi connectivity index (χ0) is 14.4. The molecule has 0 atom stereocenters. The summed E-state index contributed by atoms with van der Waals surface area (Å²) in [7, 11) is 0. The molecule has 0 saturated carbocycles. The summed E-state index contributed by atoms with van der Waals surface area (Å²) in [5, 5.41) is 0. The average molecular weight is 296 g/mol. The molecule has 0 N–H and O–H groups in total. The molecule has 1 nitrogen and oxygen atoms in total. The second-order valence-electron chi connectivity index (χ2n) is 3.82. The van der Waals surface area contributed by atoms with Crippen LogP contribution in [0.15, 0.2) is 76.7 Å². The highest BCUT2D eigenvalue weighted by atomic mass is 32.2. The summed E-state index contributed by atoms with van der Waals surface area (Å²) in [6.45, 7) is 0. The van der Waals surface area contributed by atoms with Gasteiger partial charge in [0.15, 0.2) is 0 Å². The van der Waals surface area contributed by atoms with Crippen molar-refractivity contribution in [2.45, 2.75) is 16.0 Å². The van der Waals surface area contributed by atoms with Crippen molar-refractivity contribution in [2.75, 3.05) is 0 Å². The summed E-state index contributed by atoms with van der Waals surface area (Å²) in [6, 6.07) is 16.5. The van der Waals surface area contributed by atoms with Crippen LogP contribution in [0.4, 0.5) is 13.2 Å². The zero-order valence-electron chi connectivity index (χ0n) is 10.3. The van der Waals surface area contributed by atoms with Crippen LogP contribution in [0.2, 0.25) is 0 Å². The lowest BCUT2D eigenvalue weighted by Crippen LogP contribution is -2.01. The molecule has 0 aliphatic carbocycles. The van der Waals surface area contributed by atoms with Crippen LogP contribution >= 0.6 is 11.8 Å². The summed E-state index contributed by atoms with van der Waals surface area (Å²) < 4.78 is 41.2. The number of ether oxygens (including phenoxy) is 1. The highest BCUT2D eigenvalue weighted by Gasteiger charge is 2.22. The van der Waals surface area contributed by atoms with Gasteiger partial charge in [0.1, 0.15) is 5.75 Å². The minimum atomic E-state index is -4.37. The Hall–Kier alpha value is -1.88. The van der Waals surface area contributed by atoms with Crippen molar-refractivity contribution >= 4 is 11.8 Å². The number of rotatable bonds is 4. The minimum absolute atomic E-state index is 0.0664. The van der Waals surface area contributed by atoms with Crippen molar-refractivity contribution in [3.8, 4) is 5.75 Å². The van der Waals surface area contributed by atoms with E-state index in [-0.39, 0.29) is 6.08 Å². The molecular weight excluding hydrogens is 285 g/mol. The number of hydrogen-bond donors (Lipinski definition) is 0. The first-order valence-corrected chi connectivity index (χ1v) is 6.59. The smallest absolute Gasteiger partial charge is 0.412 e. The van der Waals surface area contributed by atoms with E-state index in [4.69, 9.17) is 4.74 Å². The van der Waals surface area contributed by atoms with Crippen LogP contribution in [-0.2, 0) is 0 Å². The monoisotopic (exact) mass is 296 g/mol. The van der Waals surface area contributed by atoms with Gasteiger partial charge in [-0.25, -0.2) is 0 Å². The normalized spacial score (nSPS) is 11.8. The van der Waals surface area contributed by atoms with Gasteiger partial charge in [-0.05, 0) is 24.3 Å². The maximum atomic E-state index is 12.0. The number of hydrogen-bond acceptors (Lipinski definition) is 2. The van der Waals surface area contributed by atoms with E-state index in [9.17, 15) is 13.2 Å². The predicted octanol–water partition coefficient (Wildman–Crippen LogP) is 5.29. The Labute approximate surface area is 119 Å². The number of halogens is 3.